The molecule has 74 heavy (non-hydrogen) atoms. The van der Waals surface area contributed by atoms with Crippen LogP contribution in [0, 0.1) is 5.92 Å². The van der Waals surface area contributed by atoms with Crippen LogP contribution in [-0.4, -0.2) is 265 Å². The van der Waals surface area contributed by atoms with Gasteiger partial charge in [-0.3, -0.25) is 62.5 Å². The van der Waals surface area contributed by atoms with E-state index in [1.807, 2.05) is 0 Å². The first-order valence-corrected chi connectivity index (χ1v) is 22.5. The number of imide groups is 3. The van der Waals surface area contributed by atoms with E-state index in [9.17, 15) is 98.4 Å². The molecule has 416 valence electrons. The molecule has 8 amide bonds. The number of aliphatic carboxylic acids is 2. The first-order valence-electron chi connectivity index (χ1n) is 22.5. The van der Waals surface area contributed by atoms with Crippen molar-refractivity contribution in [1.29, 1.82) is 0 Å². The summed E-state index contributed by atoms with van der Waals surface area (Å²) in [5, 5.41) is 112. The van der Waals surface area contributed by atoms with Gasteiger partial charge in [-0.2, -0.15) is 0 Å². The molecule has 0 aromatic carbocycles. The average Bonchev–Trinajstić information content (AvgIpc) is 3.99. The van der Waals surface area contributed by atoms with E-state index in [2.05, 4.69) is 4.84 Å². The van der Waals surface area contributed by atoms with Crippen LogP contribution in [0.4, 0.5) is 0 Å². The van der Waals surface area contributed by atoms with Crippen molar-refractivity contribution in [2.24, 2.45) is 11.7 Å². The Morgan fingerprint density at radius 1 is 0.568 bits per heavy atom. The molecular formula is C43H64N6O25. The highest BCUT2D eigenvalue weighted by molar-refractivity contribution is 6.13. The van der Waals surface area contributed by atoms with Crippen molar-refractivity contribution >= 4 is 70.9 Å². The number of ketones is 1. The zero-order chi connectivity index (χ0) is 56.7. The van der Waals surface area contributed by atoms with Gasteiger partial charge in [0.15, 0.2) is 0 Å². The molecule has 1 saturated heterocycles. The van der Waals surface area contributed by atoms with Crippen molar-refractivity contribution in [3.05, 3.63) is 24.3 Å². The van der Waals surface area contributed by atoms with E-state index in [0.717, 1.165) is 43.9 Å². The van der Waals surface area contributed by atoms with E-state index in [0.29, 0.717) is 5.06 Å². The van der Waals surface area contributed by atoms with Gasteiger partial charge in [-0.1, -0.05) is 0 Å². The molecule has 0 aromatic rings. The summed E-state index contributed by atoms with van der Waals surface area (Å²) in [6, 6.07) is -1.17. The predicted octanol–water partition coefficient (Wildman–Crippen LogP) is -8.38. The number of hydroxylamine groups is 2. The highest BCUT2D eigenvalue weighted by Crippen LogP contribution is 2.17. The van der Waals surface area contributed by atoms with Gasteiger partial charge in [0.2, 0.25) is 11.8 Å². The van der Waals surface area contributed by atoms with Crippen molar-refractivity contribution in [2.45, 2.75) is 113 Å². The van der Waals surface area contributed by atoms with Crippen LogP contribution in [0.25, 0.3) is 0 Å². The van der Waals surface area contributed by atoms with E-state index in [1.165, 1.54) is 14.1 Å². The lowest BCUT2D eigenvalue weighted by atomic mass is 9.95. The maximum absolute atomic E-state index is 12.3. The molecule has 3 aliphatic rings. The lowest BCUT2D eigenvalue weighted by Crippen LogP contribution is -2.50. The maximum atomic E-state index is 12.3. The molecule has 0 radical (unpaired) electrons. The highest BCUT2D eigenvalue weighted by Gasteiger charge is 2.35. The molecule has 3 aliphatic heterocycles. The van der Waals surface area contributed by atoms with Crippen LogP contribution in [0.15, 0.2) is 24.3 Å². The largest absolute Gasteiger partial charge is 0.481 e. The topological polar surface area (TPSA) is 499 Å². The summed E-state index contributed by atoms with van der Waals surface area (Å²) >= 11 is 0. The molecule has 0 unspecified atom stereocenters. The minimum absolute atomic E-state index is 0.0130. The Balaban J connectivity index is 0.000000582. The van der Waals surface area contributed by atoms with Gasteiger partial charge in [0.25, 0.3) is 35.4 Å². The van der Waals surface area contributed by atoms with Gasteiger partial charge in [0.05, 0.1) is 25.6 Å². The molecule has 0 aromatic heterocycles. The summed E-state index contributed by atoms with van der Waals surface area (Å²) in [6.07, 6.45) is -11.0. The minimum atomic E-state index is -1.85. The third kappa shape index (κ3) is 21.5. The Hall–Kier alpha value is -6.52. The average molecular weight is 1070 g/mol. The number of carboxylic acid groups (broad SMARTS) is 2. The number of likely N-dealkylation sites (N-methyl/N-ethyl adjacent to an activating group) is 2. The van der Waals surface area contributed by atoms with Crippen LogP contribution < -0.4 is 5.73 Å². The van der Waals surface area contributed by atoms with Gasteiger partial charge in [-0.15, -0.1) is 5.06 Å². The SMILES string of the molecule is CN(C[C@H](O)[C@@H](O)[C@H](O)[C@H](O)CO)C(=O)CC[C@H](CC(=O)CCN1C(=O)C=CC1=O)C(=O)O.CN(C[C@H](O)[C@@H](O)[C@H](O)[C@H](O)CO)C(=O)CC[C@H](N)C(=O)O.O=C(CCN1C(=O)C=CC1=O)ON1C(=O)CCC1=O. The number of carbonyl (C=O) groups excluding carboxylic acids is 10. The van der Waals surface area contributed by atoms with Gasteiger partial charge in [0, 0.05) is 103 Å². The first-order chi connectivity index (χ1) is 34.5. The van der Waals surface area contributed by atoms with Crippen LogP contribution in [-0.2, 0) is 62.4 Å². The summed E-state index contributed by atoms with van der Waals surface area (Å²) in [6.45, 7) is -2.77. The number of aliphatic hydroxyl groups excluding tert-OH is 10. The molecule has 31 nitrogen and oxygen atoms in total. The minimum Gasteiger partial charge on any atom is -0.481 e. The number of rotatable bonds is 29. The molecule has 0 bridgehead atoms. The Bertz CT molecular complexity index is 2030. The van der Waals surface area contributed by atoms with E-state index in [1.54, 1.807) is 0 Å². The summed E-state index contributed by atoms with van der Waals surface area (Å²) in [7, 11) is 2.59. The third-order valence-electron chi connectivity index (χ3n) is 11.1. The van der Waals surface area contributed by atoms with Gasteiger partial charge in [-0.25, -0.2) is 4.79 Å². The number of carbonyl (C=O) groups is 12. The Kier molecular flexibility index (Phi) is 28.3. The Morgan fingerprint density at radius 3 is 1.30 bits per heavy atom. The lowest BCUT2D eigenvalue weighted by Gasteiger charge is -2.28. The van der Waals surface area contributed by atoms with Crippen molar-refractivity contribution < 1.29 is 124 Å². The molecule has 0 spiro atoms. The second-order valence-corrected chi connectivity index (χ2v) is 16.8. The lowest BCUT2D eigenvalue weighted by molar-refractivity contribution is -0.197. The summed E-state index contributed by atoms with van der Waals surface area (Å²) in [5.74, 6) is -9.44. The second-order valence-electron chi connectivity index (χ2n) is 16.8. The van der Waals surface area contributed by atoms with E-state index < -0.39 is 158 Å². The van der Waals surface area contributed by atoms with Gasteiger partial charge in [0.1, 0.15) is 60.7 Å². The van der Waals surface area contributed by atoms with Crippen LogP contribution in [0.1, 0.15) is 57.8 Å². The smallest absolute Gasteiger partial charge is 0.335 e. The number of aliphatic hydroxyl groups is 10. The molecule has 1 fully saturated rings. The first kappa shape index (κ1) is 65.5. The number of amides is 8. The van der Waals surface area contributed by atoms with Gasteiger partial charge < -0.3 is 81.6 Å². The Morgan fingerprint density at radius 2 is 0.932 bits per heavy atom. The maximum Gasteiger partial charge on any atom is 0.335 e. The number of Topliss-reactive ketones (excluding diaryl/α,β-unsaturated/α-hetero) is 1. The van der Waals surface area contributed by atoms with Crippen LogP contribution in [0.3, 0.4) is 0 Å². The fourth-order valence-electron chi connectivity index (χ4n) is 6.43. The van der Waals surface area contributed by atoms with Crippen molar-refractivity contribution in [1.82, 2.24) is 24.7 Å². The molecule has 3 rings (SSSR count). The van der Waals surface area contributed by atoms with E-state index in [-0.39, 0.29) is 71.0 Å². The quantitative estimate of drug-likeness (QED) is 0.0309. The standard InChI is InChI=1S/C20H30N2O11.C12H24N2O8.C11H10N2O6/c1-21(9-13(25)18(30)19(31)14(26)10-23)15(27)3-2-11(20(32)33)8-12(24)6-7-22-16(28)4-5-17(22)29;1-14(9(18)3-2-6(13)12(21)22)4-7(16)10(19)11(20)8(17)5-15;14-7-1-2-8(15)12(7)6-5-11(18)19-13-9(16)3-4-10(13)17/h4-5,11,13-14,18-19,23,25-26,30-31H,2-3,6-10H2,1H3,(H,32,33);6-8,10-11,15-17,19-20H,2-5,13H2,1H3,(H,21,22);1-2H,3-6H2/t11-,13+,14-,18-,19-;6-,7-,8+,10+,11+;/m10./s1. The summed E-state index contributed by atoms with van der Waals surface area (Å²) < 4.78 is 0. The molecule has 0 saturated carbocycles. The number of carboxylic acids is 2. The number of nitrogens with zero attached hydrogens (tertiary/aromatic N) is 5. The summed E-state index contributed by atoms with van der Waals surface area (Å²) in [4.78, 5) is 146. The second kappa shape index (κ2) is 31.9. The number of hydrogen-bond acceptors (Lipinski definition) is 24. The van der Waals surface area contributed by atoms with Crippen LogP contribution in [0.2, 0.25) is 0 Å². The van der Waals surface area contributed by atoms with Crippen molar-refractivity contribution in [2.75, 3.05) is 53.5 Å². The predicted molar refractivity (Wildman–Crippen MR) is 240 cm³/mol. The molecule has 10 atom stereocenters. The zero-order valence-corrected chi connectivity index (χ0v) is 40.2. The monoisotopic (exact) mass is 1060 g/mol. The molecule has 31 heteroatoms. The van der Waals surface area contributed by atoms with Crippen LogP contribution in [0.5, 0.6) is 0 Å². The fourth-order valence-corrected chi connectivity index (χ4v) is 6.43. The summed E-state index contributed by atoms with van der Waals surface area (Å²) in [5.41, 5.74) is 5.26. The van der Waals surface area contributed by atoms with E-state index in [4.69, 9.17) is 26.2 Å². The molecule has 0 aliphatic carbocycles. The number of nitrogens with two attached hydrogens (primary N) is 1. The third-order valence-corrected chi connectivity index (χ3v) is 11.1. The molecule has 3 heterocycles. The van der Waals surface area contributed by atoms with Gasteiger partial charge >= 0.3 is 17.9 Å². The Labute approximate surface area is 420 Å². The fraction of sp³-hybridized carbons (Fsp3) is 0.628. The van der Waals surface area contributed by atoms with Crippen molar-refractivity contribution in [3.63, 3.8) is 0 Å². The van der Waals surface area contributed by atoms with Crippen LogP contribution >= 0.6 is 0 Å². The zero-order valence-electron chi connectivity index (χ0n) is 40.2. The highest BCUT2D eigenvalue weighted by atomic mass is 16.7. The van der Waals surface area contributed by atoms with Crippen molar-refractivity contribution in [3.8, 4) is 0 Å². The number of hydrogen-bond donors (Lipinski definition) is 13. The normalized spacial score (nSPS) is 18.3. The van der Waals surface area contributed by atoms with Gasteiger partial charge in [-0.05, 0) is 12.8 Å². The molecule has 14 N–H and O–H groups in total. The molecular weight excluding hydrogens is 1000 g/mol. The van der Waals surface area contributed by atoms with E-state index >= 15 is 0 Å².